The summed E-state index contributed by atoms with van der Waals surface area (Å²) in [7, 11) is 1.78. The number of nitrogens with zero attached hydrogens (tertiary/aromatic N) is 2. The van der Waals surface area contributed by atoms with Crippen molar-refractivity contribution in [3.63, 3.8) is 0 Å². The fourth-order valence-electron chi connectivity index (χ4n) is 2.63. The number of hydrogen-bond donors (Lipinski definition) is 2. The fraction of sp³-hybridized carbons (Fsp3) is 0.524. The Morgan fingerprint density at radius 1 is 1.14 bits per heavy atom. The molecule has 2 aromatic rings. The smallest absolute Gasteiger partial charge is 0.191 e. The van der Waals surface area contributed by atoms with Crippen LogP contribution in [-0.4, -0.2) is 37.7 Å². The Kier molecular flexibility index (Phi) is 12.0. The summed E-state index contributed by atoms with van der Waals surface area (Å²) >= 11 is 1.68. The van der Waals surface area contributed by atoms with Crippen LogP contribution in [0.1, 0.15) is 49.9 Å². The van der Waals surface area contributed by atoms with Crippen molar-refractivity contribution < 1.29 is 9.47 Å². The molecule has 6 nitrogen and oxygen atoms in total. The molecule has 2 rings (SSSR count). The summed E-state index contributed by atoms with van der Waals surface area (Å²) in [5.74, 6) is 2.83. The van der Waals surface area contributed by atoms with Gasteiger partial charge in [0.1, 0.15) is 5.01 Å². The average molecular weight is 532 g/mol. The molecule has 1 aromatic heterocycles. The summed E-state index contributed by atoms with van der Waals surface area (Å²) in [6.07, 6.45) is 0.863. The molecule has 0 spiro atoms. The molecule has 0 aliphatic rings. The van der Waals surface area contributed by atoms with Crippen molar-refractivity contribution in [3.8, 4) is 11.5 Å². The third-order valence-corrected chi connectivity index (χ3v) is 4.97. The molecular weight excluding hydrogens is 499 g/mol. The van der Waals surface area contributed by atoms with Crippen LogP contribution < -0.4 is 20.1 Å². The van der Waals surface area contributed by atoms with Gasteiger partial charge in [0.15, 0.2) is 17.5 Å². The maximum atomic E-state index is 5.70. The van der Waals surface area contributed by atoms with E-state index in [-0.39, 0.29) is 24.0 Å². The largest absolute Gasteiger partial charge is 0.490 e. The van der Waals surface area contributed by atoms with Gasteiger partial charge in [-0.1, -0.05) is 19.9 Å². The minimum Gasteiger partial charge on any atom is -0.490 e. The predicted octanol–water partition coefficient (Wildman–Crippen LogP) is 4.59. The van der Waals surface area contributed by atoms with Gasteiger partial charge in [-0.05, 0) is 43.9 Å². The molecule has 0 saturated heterocycles. The number of guanidine groups is 1. The van der Waals surface area contributed by atoms with Crippen molar-refractivity contribution in [3.05, 3.63) is 39.8 Å². The molecule has 2 N–H and O–H groups in total. The first-order chi connectivity index (χ1) is 13.6. The van der Waals surface area contributed by atoms with Crippen molar-refractivity contribution >= 4 is 41.3 Å². The van der Waals surface area contributed by atoms with Gasteiger partial charge in [0, 0.05) is 19.0 Å². The second-order valence-corrected chi connectivity index (χ2v) is 7.51. The van der Waals surface area contributed by atoms with Gasteiger partial charge in [0.2, 0.25) is 0 Å². The number of nitrogens with one attached hydrogen (secondary N) is 2. The van der Waals surface area contributed by atoms with E-state index in [1.54, 1.807) is 18.4 Å². The molecule has 0 unspecified atom stereocenters. The molecule has 1 heterocycles. The maximum absolute atomic E-state index is 5.70. The second kappa shape index (κ2) is 13.6. The molecule has 0 radical (unpaired) electrons. The highest BCUT2D eigenvalue weighted by Gasteiger charge is 2.08. The van der Waals surface area contributed by atoms with Crippen LogP contribution in [0.5, 0.6) is 11.5 Å². The van der Waals surface area contributed by atoms with E-state index in [1.165, 1.54) is 5.56 Å². The quantitative estimate of drug-likeness (QED) is 0.266. The molecule has 162 valence electrons. The monoisotopic (exact) mass is 532 g/mol. The van der Waals surface area contributed by atoms with E-state index in [4.69, 9.17) is 9.47 Å². The number of rotatable bonds is 10. The van der Waals surface area contributed by atoms with E-state index in [9.17, 15) is 0 Å². The molecule has 0 aliphatic carbocycles. The first-order valence-electron chi connectivity index (χ1n) is 9.84. The lowest BCUT2D eigenvalue weighted by Crippen LogP contribution is -2.37. The SMILES string of the molecule is CCOc1ccc(CCNC(=NC)NCc2nc(C(C)C)cs2)cc1OCC.I. The molecule has 0 aliphatic heterocycles. The summed E-state index contributed by atoms with van der Waals surface area (Å²) in [5.41, 5.74) is 2.33. The van der Waals surface area contributed by atoms with Crippen molar-refractivity contribution in [2.75, 3.05) is 26.8 Å². The lowest BCUT2D eigenvalue weighted by molar-refractivity contribution is 0.287. The maximum Gasteiger partial charge on any atom is 0.191 e. The van der Waals surface area contributed by atoms with Crippen molar-refractivity contribution in [1.29, 1.82) is 0 Å². The summed E-state index contributed by atoms with van der Waals surface area (Å²) < 4.78 is 11.3. The molecule has 0 saturated carbocycles. The summed E-state index contributed by atoms with van der Waals surface area (Å²) in [4.78, 5) is 8.93. The van der Waals surface area contributed by atoms with Gasteiger partial charge < -0.3 is 20.1 Å². The van der Waals surface area contributed by atoms with Crippen LogP contribution in [0, 0.1) is 0 Å². The zero-order valence-electron chi connectivity index (χ0n) is 17.9. The van der Waals surface area contributed by atoms with Crippen LogP contribution in [0.15, 0.2) is 28.6 Å². The van der Waals surface area contributed by atoms with Gasteiger partial charge >= 0.3 is 0 Å². The van der Waals surface area contributed by atoms with Gasteiger partial charge in [0.05, 0.1) is 25.5 Å². The normalized spacial score (nSPS) is 11.2. The number of thiazole rings is 1. The third-order valence-electron chi connectivity index (χ3n) is 4.11. The third kappa shape index (κ3) is 8.38. The van der Waals surface area contributed by atoms with E-state index in [0.29, 0.717) is 25.7 Å². The van der Waals surface area contributed by atoms with Gasteiger partial charge in [-0.25, -0.2) is 4.98 Å². The Hall–Kier alpha value is -1.55. The average Bonchev–Trinajstić information content (AvgIpc) is 3.16. The highest BCUT2D eigenvalue weighted by molar-refractivity contribution is 14.0. The molecule has 0 bridgehead atoms. The van der Waals surface area contributed by atoms with Crippen LogP contribution in [0.3, 0.4) is 0 Å². The summed E-state index contributed by atoms with van der Waals surface area (Å²) in [6, 6.07) is 6.11. The molecule has 29 heavy (non-hydrogen) atoms. The zero-order chi connectivity index (χ0) is 20.4. The number of benzene rings is 1. The van der Waals surface area contributed by atoms with E-state index in [0.717, 1.165) is 41.1 Å². The number of aromatic nitrogens is 1. The van der Waals surface area contributed by atoms with E-state index >= 15 is 0 Å². The minimum atomic E-state index is 0. The molecule has 0 atom stereocenters. The lowest BCUT2D eigenvalue weighted by atomic mass is 10.1. The summed E-state index contributed by atoms with van der Waals surface area (Å²) in [5, 5.41) is 9.87. The minimum absolute atomic E-state index is 0. The van der Waals surface area contributed by atoms with Crippen LogP contribution in [0.4, 0.5) is 0 Å². The number of aliphatic imine (C=N–C) groups is 1. The zero-order valence-corrected chi connectivity index (χ0v) is 21.1. The highest BCUT2D eigenvalue weighted by atomic mass is 127. The van der Waals surface area contributed by atoms with Crippen molar-refractivity contribution in [2.45, 2.75) is 46.6 Å². The Morgan fingerprint density at radius 3 is 2.48 bits per heavy atom. The molecule has 0 amide bonds. The van der Waals surface area contributed by atoms with Crippen LogP contribution >= 0.6 is 35.3 Å². The van der Waals surface area contributed by atoms with E-state index in [2.05, 4.69) is 52.0 Å². The summed E-state index contributed by atoms with van der Waals surface area (Å²) in [6.45, 7) is 11.0. The predicted molar refractivity (Wildman–Crippen MR) is 132 cm³/mol. The van der Waals surface area contributed by atoms with Crippen molar-refractivity contribution in [1.82, 2.24) is 15.6 Å². The fourth-order valence-corrected chi connectivity index (χ4v) is 3.52. The molecular formula is C21H33IN4O2S. The highest BCUT2D eigenvalue weighted by Crippen LogP contribution is 2.28. The first-order valence-corrected chi connectivity index (χ1v) is 10.7. The van der Waals surface area contributed by atoms with Gasteiger partial charge in [0.25, 0.3) is 0 Å². The lowest BCUT2D eigenvalue weighted by Gasteiger charge is -2.14. The van der Waals surface area contributed by atoms with Gasteiger partial charge in [-0.2, -0.15) is 0 Å². The van der Waals surface area contributed by atoms with Crippen LogP contribution in [0.25, 0.3) is 0 Å². The topological polar surface area (TPSA) is 67.8 Å². The van der Waals surface area contributed by atoms with Gasteiger partial charge in [-0.3, -0.25) is 4.99 Å². The molecule has 8 heteroatoms. The second-order valence-electron chi connectivity index (χ2n) is 6.57. The molecule has 0 fully saturated rings. The standard InChI is InChI=1S/C21H32N4O2S.HI/c1-6-26-18-9-8-16(12-19(18)27-7-2)10-11-23-21(22-5)24-13-20-25-17(14-28-20)15(3)4;/h8-9,12,14-15H,6-7,10-11,13H2,1-5H3,(H2,22,23,24);1H. The van der Waals surface area contributed by atoms with Crippen molar-refractivity contribution in [2.24, 2.45) is 4.99 Å². The molecule has 1 aromatic carbocycles. The van der Waals surface area contributed by atoms with E-state index in [1.807, 2.05) is 19.9 Å². The Bertz CT molecular complexity index is 765. The Balaban J connectivity index is 0.00000420. The Morgan fingerprint density at radius 2 is 1.86 bits per heavy atom. The van der Waals surface area contributed by atoms with Gasteiger partial charge in [-0.15, -0.1) is 35.3 Å². The van der Waals surface area contributed by atoms with Crippen LogP contribution in [0.2, 0.25) is 0 Å². The van der Waals surface area contributed by atoms with E-state index < -0.39 is 0 Å². The first kappa shape index (κ1) is 25.5. The number of halogens is 1. The Labute approximate surface area is 195 Å². The van der Waals surface area contributed by atoms with Crippen LogP contribution in [-0.2, 0) is 13.0 Å². The number of hydrogen-bond acceptors (Lipinski definition) is 5. The number of ether oxygens (including phenoxy) is 2.